The average molecular weight is 461 g/mol. The molecule has 0 aliphatic heterocycles. The Morgan fingerprint density at radius 3 is 2.64 bits per heavy atom. The number of hydrogen-bond donors (Lipinski definition) is 2. The Bertz CT molecular complexity index is 543. The fourth-order valence-corrected chi connectivity index (χ4v) is 2.82. The molecule has 0 unspecified atom stereocenters. The molecule has 0 atom stereocenters. The van der Waals surface area contributed by atoms with Gasteiger partial charge in [0.2, 0.25) is 0 Å². The van der Waals surface area contributed by atoms with Crippen molar-refractivity contribution in [2.75, 3.05) is 13.7 Å². The molecule has 0 heterocycles. The summed E-state index contributed by atoms with van der Waals surface area (Å²) in [4.78, 5) is 4.41. The number of benzene rings is 1. The van der Waals surface area contributed by atoms with Crippen LogP contribution in [0.25, 0.3) is 0 Å². The molecule has 3 N–H and O–H groups in total. The fraction of sp³-hybridized carbons (Fsp3) is 0.632. The number of ether oxygens (including phenoxy) is 2. The van der Waals surface area contributed by atoms with Crippen molar-refractivity contribution >= 4 is 29.9 Å². The first kappa shape index (κ1) is 21.9. The molecule has 0 saturated heterocycles. The van der Waals surface area contributed by atoms with Crippen LogP contribution in [0.2, 0.25) is 0 Å². The maximum absolute atomic E-state index is 6.12. The summed E-state index contributed by atoms with van der Waals surface area (Å²) < 4.78 is 11.5. The molecular formula is C19H32IN3O2. The van der Waals surface area contributed by atoms with Gasteiger partial charge in [0.05, 0.1) is 19.8 Å². The van der Waals surface area contributed by atoms with Crippen molar-refractivity contribution < 1.29 is 9.47 Å². The van der Waals surface area contributed by atoms with Crippen molar-refractivity contribution in [3.63, 3.8) is 0 Å². The van der Waals surface area contributed by atoms with E-state index in [9.17, 15) is 0 Å². The SMILES string of the molecule is COc1ccc(CN=C(N)NCCC(C)C)cc1OC1CCCC1.I. The highest BCUT2D eigenvalue weighted by Gasteiger charge is 2.18. The highest BCUT2D eigenvalue weighted by molar-refractivity contribution is 14.0. The van der Waals surface area contributed by atoms with Gasteiger partial charge in [0.1, 0.15) is 0 Å². The van der Waals surface area contributed by atoms with Crippen LogP contribution in [-0.2, 0) is 6.54 Å². The van der Waals surface area contributed by atoms with Crippen molar-refractivity contribution in [1.29, 1.82) is 0 Å². The lowest BCUT2D eigenvalue weighted by molar-refractivity contribution is 0.200. The van der Waals surface area contributed by atoms with Gasteiger partial charge in [-0.15, -0.1) is 24.0 Å². The molecule has 142 valence electrons. The molecule has 25 heavy (non-hydrogen) atoms. The lowest BCUT2D eigenvalue weighted by Crippen LogP contribution is -2.32. The van der Waals surface area contributed by atoms with Gasteiger partial charge in [0.25, 0.3) is 0 Å². The summed E-state index contributed by atoms with van der Waals surface area (Å²) in [7, 11) is 1.67. The topological polar surface area (TPSA) is 68.9 Å². The molecule has 1 aliphatic carbocycles. The van der Waals surface area contributed by atoms with Crippen LogP contribution in [0, 0.1) is 5.92 Å². The number of guanidine groups is 1. The molecule has 1 saturated carbocycles. The van der Waals surface area contributed by atoms with Gasteiger partial charge in [-0.05, 0) is 55.7 Å². The molecule has 1 aromatic carbocycles. The maximum Gasteiger partial charge on any atom is 0.188 e. The van der Waals surface area contributed by atoms with Crippen LogP contribution in [0.3, 0.4) is 0 Å². The van der Waals surface area contributed by atoms with Crippen molar-refractivity contribution in [2.45, 2.75) is 58.6 Å². The second-order valence-corrected chi connectivity index (χ2v) is 6.82. The molecule has 0 aromatic heterocycles. The van der Waals surface area contributed by atoms with Gasteiger partial charge in [-0.3, -0.25) is 0 Å². The van der Waals surface area contributed by atoms with E-state index in [-0.39, 0.29) is 24.0 Å². The van der Waals surface area contributed by atoms with Crippen molar-refractivity contribution in [1.82, 2.24) is 5.32 Å². The number of rotatable bonds is 8. The third-order valence-corrected chi connectivity index (χ3v) is 4.28. The first-order valence-electron chi connectivity index (χ1n) is 8.96. The van der Waals surface area contributed by atoms with E-state index in [4.69, 9.17) is 15.2 Å². The first-order valence-corrected chi connectivity index (χ1v) is 8.96. The van der Waals surface area contributed by atoms with E-state index in [1.54, 1.807) is 7.11 Å². The standard InChI is InChI=1S/C19H31N3O2.HI/c1-14(2)10-11-21-19(20)22-13-15-8-9-17(23-3)18(12-15)24-16-6-4-5-7-16;/h8-9,12,14,16H,4-7,10-11,13H2,1-3H3,(H3,20,21,22);1H. The summed E-state index contributed by atoms with van der Waals surface area (Å²) in [6, 6.07) is 5.96. The van der Waals surface area contributed by atoms with Crippen LogP contribution in [0.5, 0.6) is 11.5 Å². The summed E-state index contributed by atoms with van der Waals surface area (Å²) in [5.74, 6) is 2.73. The summed E-state index contributed by atoms with van der Waals surface area (Å²) >= 11 is 0. The smallest absolute Gasteiger partial charge is 0.188 e. The molecule has 0 amide bonds. The number of halogens is 1. The zero-order valence-corrected chi connectivity index (χ0v) is 17.9. The van der Waals surface area contributed by atoms with Crippen molar-refractivity contribution in [3.8, 4) is 11.5 Å². The molecule has 0 spiro atoms. The molecule has 6 heteroatoms. The number of methoxy groups -OCH3 is 1. The molecule has 0 radical (unpaired) electrons. The summed E-state index contributed by atoms with van der Waals surface area (Å²) in [5.41, 5.74) is 6.98. The van der Waals surface area contributed by atoms with Gasteiger partial charge in [0, 0.05) is 6.54 Å². The predicted molar refractivity (Wildman–Crippen MR) is 114 cm³/mol. The third kappa shape index (κ3) is 7.71. The molecule has 1 aromatic rings. The number of nitrogens with two attached hydrogens (primary N) is 1. The predicted octanol–water partition coefficient (Wildman–Crippen LogP) is 4.09. The maximum atomic E-state index is 6.12. The third-order valence-electron chi connectivity index (χ3n) is 4.28. The number of nitrogens with one attached hydrogen (secondary N) is 1. The Morgan fingerprint density at radius 1 is 1.28 bits per heavy atom. The molecule has 0 bridgehead atoms. The van der Waals surface area contributed by atoms with Crippen LogP contribution in [-0.4, -0.2) is 25.7 Å². The second-order valence-electron chi connectivity index (χ2n) is 6.82. The molecular weight excluding hydrogens is 429 g/mol. The summed E-state index contributed by atoms with van der Waals surface area (Å²) in [6.45, 7) is 5.77. The van der Waals surface area contributed by atoms with Gasteiger partial charge >= 0.3 is 0 Å². The van der Waals surface area contributed by atoms with Gasteiger partial charge in [0.15, 0.2) is 17.5 Å². The average Bonchev–Trinajstić information content (AvgIpc) is 3.06. The molecule has 1 fully saturated rings. The van der Waals surface area contributed by atoms with Crippen LogP contribution < -0.4 is 20.5 Å². The van der Waals surface area contributed by atoms with E-state index in [1.165, 1.54) is 12.8 Å². The van der Waals surface area contributed by atoms with Gasteiger partial charge in [-0.25, -0.2) is 4.99 Å². The minimum atomic E-state index is 0. The van der Waals surface area contributed by atoms with Crippen LogP contribution in [0.15, 0.2) is 23.2 Å². The largest absolute Gasteiger partial charge is 0.493 e. The lowest BCUT2D eigenvalue weighted by Gasteiger charge is -2.16. The van der Waals surface area contributed by atoms with E-state index in [0.29, 0.717) is 24.5 Å². The minimum Gasteiger partial charge on any atom is -0.493 e. The zero-order valence-electron chi connectivity index (χ0n) is 15.6. The van der Waals surface area contributed by atoms with Crippen molar-refractivity contribution in [3.05, 3.63) is 23.8 Å². The van der Waals surface area contributed by atoms with Gasteiger partial charge < -0.3 is 20.5 Å². The minimum absolute atomic E-state index is 0. The van der Waals surface area contributed by atoms with Gasteiger partial charge in [-0.1, -0.05) is 19.9 Å². The Labute approximate surface area is 168 Å². The Hall–Kier alpha value is -1.18. The molecule has 1 aliphatic rings. The van der Waals surface area contributed by atoms with Crippen LogP contribution >= 0.6 is 24.0 Å². The van der Waals surface area contributed by atoms with Crippen LogP contribution in [0.4, 0.5) is 0 Å². The second kappa shape index (κ2) is 11.4. The normalized spacial score (nSPS) is 15.1. The fourth-order valence-electron chi connectivity index (χ4n) is 2.82. The molecule has 2 rings (SSSR count). The van der Waals surface area contributed by atoms with E-state index < -0.39 is 0 Å². The van der Waals surface area contributed by atoms with E-state index in [1.807, 2.05) is 18.2 Å². The number of aliphatic imine (C=N–C) groups is 1. The van der Waals surface area contributed by atoms with Crippen molar-refractivity contribution in [2.24, 2.45) is 16.6 Å². The Morgan fingerprint density at radius 2 is 2.00 bits per heavy atom. The quantitative estimate of drug-likeness (QED) is 0.348. The zero-order chi connectivity index (χ0) is 17.4. The Balaban J connectivity index is 0.00000312. The Kier molecular flexibility index (Phi) is 10.0. The number of hydrogen-bond acceptors (Lipinski definition) is 3. The first-order chi connectivity index (χ1) is 11.6. The van der Waals surface area contributed by atoms with Crippen LogP contribution in [0.1, 0.15) is 51.5 Å². The monoisotopic (exact) mass is 461 g/mol. The summed E-state index contributed by atoms with van der Waals surface area (Å²) in [6.07, 6.45) is 6.13. The van der Waals surface area contributed by atoms with Gasteiger partial charge in [-0.2, -0.15) is 0 Å². The highest BCUT2D eigenvalue weighted by Crippen LogP contribution is 2.32. The lowest BCUT2D eigenvalue weighted by atomic mass is 10.1. The van der Waals surface area contributed by atoms with E-state index in [0.717, 1.165) is 42.9 Å². The van der Waals surface area contributed by atoms with E-state index >= 15 is 0 Å². The molecule has 5 nitrogen and oxygen atoms in total. The number of nitrogens with zero attached hydrogens (tertiary/aromatic N) is 1. The highest BCUT2D eigenvalue weighted by atomic mass is 127. The summed E-state index contributed by atoms with van der Waals surface area (Å²) in [5, 5.41) is 3.15. The van der Waals surface area contributed by atoms with E-state index in [2.05, 4.69) is 24.2 Å².